The van der Waals surface area contributed by atoms with Gasteiger partial charge in [0.05, 0.1) is 6.04 Å². The van der Waals surface area contributed by atoms with Crippen LogP contribution in [0, 0.1) is 20.8 Å². The molecule has 0 bridgehead atoms. The van der Waals surface area contributed by atoms with E-state index in [0.29, 0.717) is 0 Å². The topological polar surface area (TPSA) is 12.0 Å². The molecule has 1 unspecified atom stereocenters. The Morgan fingerprint density at radius 2 is 1.67 bits per heavy atom. The third kappa shape index (κ3) is 3.68. The normalized spacial score (nSPS) is 12.5. The summed E-state index contributed by atoms with van der Waals surface area (Å²) in [4.78, 5) is 0. The van der Waals surface area contributed by atoms with Gasteiger partial charge in [-0.3, -0.25) is 0 Å². The van der Waals surface area contributed by atoms with Crippen LogP contribution in [0.3, 0.4) is 0 Å². The molecular formula is C18H21BrClN. The number of nitrogens with one attached hydrogen (secondary N) is 1. The molecule has 0 fully saturated rings. The highest BCUT2D eigenvalue weighted by Gasteiger charge is 2.18. The van der Waals surface area contributed by atoms with Crippen molar-refractivity contribution in [3.05, 3.63) is 67.6 Å². The first kappa shape index (κ1) is 16.5. The molecule has 0 saturated carbocycles. The third-order valence-corrected chi connectivity index (χ3v) is 4.70. The van der Waals surface area contributed by atoms with Crippen LogP contribution in [-0.4, -0.2) is 6.54 Å². The first-order valence-electron chi connectivity index (χ1n) is 7.20. The minimum absolute atomic E-state index is 0.120. The molecule has 0 aliphatic heterocycles. The number of aryl methyl sites for hydroxylation is 3. The van der Waals surface area contributed by atoms with Gasteiger partial charge in [0.1, 0.15) is 0 Å². The maximum Gasteiger partial charge on any atom is 0.0594 e. The van der Waals surface area contributed by atoms with Gasteiger partial charge in [0.2, 0.25) is 0 Å². The van der Waals surface area contributed by atoms with Crippen LogP contribution < -0.4 is 5.32 Å². The molecule has 2 aromatic carbocycles. The Morgan fingerprint density at radius 3 is 2.29 bits per heavy atom. The molecular weight excluding hydrogens is 346 g/mol. The summed E-state index contributed by atoms with van der Waals surface area (Å²) >= 11 is 9.93. The van der Waals surface area contributed by atoms with Gasteiger partial charge in [-0.15, -0.1) is 0 Å². The zero-order valence-corrected chi connectivity index (χ0v) is 15.3. The smallest absolute Gasteiger partial charge is 0.0594 e. The Balaban J connectivity index is 2.55. The lowest BCUT2D eigenvalue weighted by Crippen LogP contribution is -2.23. The van der Waals surface area contributed by atoms with Crippen LogP contribution >= 0.6 is 27.5 Å². The number of halogens is 2. The fourth-order valence-electron chi connectivity index (χ4n) is 2.62. The van der Waals surface area contributed by atoms with E-state index in [9.17, 15) is 0 Å². The Morgan fingerprint density at radius 1 is 1.00 bits per heavy atom. The predicted octanol–water partition coefficient (Wildman–Crippen LogP) is 5.73. The van der Waals surface area contributed by atoms with E-state index >= 15 is 0 Å². The lowest BCUT2D eigenvalue weighted by molar-refractivity contribution is 0.627. The van der Waals surface area contributed by atoms with Gasteiger partial charge in [-0.25, -0.2) is 0 Å². The molecule has 0 saturated heterocycles. The van der Waals surface area contributed by atoms with E-state index in [-0.39, 0.29) is 6.04 Å². The molecule has 3 heteroatoms. The molecule has 0 spiro atoms. The van der Waals surface area contributed by atoms with Gasteiger partial charge in [-0.2, -0.15) is 0 Å². The summed E-state index contributed by atoms with van der Waals surface area (Å²) in [7, 11) is 0. The Bertz CT molecular complexity index is 652. The zero-order chi connectivity index (χ0) is 15.6. The number of hydrogen-bond donors (Lipinski definition) is 1. The van der Waals surface area contributed by atoms with Crippen LogP contribution in [0.2, 0.25) is 5.02 Å². The highest BCUT2D eigenvalue weighted by molar-refractivity contribution is 9.10. The van der Waals surface area contributed by atoms with Gasteiger partial charge in [0, 0.05) is 9.50 Å². The van der Waals surface area contributed by atoms with Crippen molar-refractivity contribution in [3.63, 3.8) is 0 Å². The Labute approximate surface area is 140 Å². The van der Waals surface area contributed by atoms with Crippen molar-refractivity contribution < 1.29 is 0 Å². The molecule has 0 aliphatic rings. The second kappa shape index (κ2) is 6.95. The van der Waals surface area contributed by atoms with E-state index < -0.39 is 0 Å². The van der Waals surface area contributed by atoms with Gasteiger partial charge in [-0.1, -0.05) is 52.7 Å². The van der Waals surface area contributed by atoms with Crippen molar-refractivity contribution >= 4 is 27.5 Å². The summed E-state index contributed by atoms with van der Waals surface area (Å²) in [6.45, 7) is 9.49. The SMILES string of the molecule is CCNC(c1cc(C)c(C)cc1C)c1ccc(Br)cc1Cl. The molecule has 112 valence electrons. The Hall–Kier alpha value is -0.830. The summed E-state index contributed by atoms with van der Waals surface area (Å²) in [5, 5.41) is 4.35. The molecule has 0 aromatic heterocycles. The minimum atomic E-state index is 0.120. The van der Waals surface area contributed by atoms with Crippen molar-refractivity contribution in [1.29, 1.82) is 0 Å². The van der Waals surface area contributed by atoms with Crippen molar-refractivity contribution in [2.24, 2.45) is 0 Å². The van der Waals surface area contributed by atoms with Crippen molar-refractivity contribution in [2.75, 3.05) is 6.54 Å². The predicted molar refractivity (Wildman–Crippen MR) is 95.3 cm³/mol. The van der Waals surface area contributed by atoms with E-state index in [0.717, 1.165) is 21.6 Å². The van der Waals surface area contributed by atoms with Crippen LogP contribution in [0.4, 0.5) is 0 Å². The van der Waals surface area contributed by atoms with Crippen LogP contribution in [0.1, 0.15) is 40.8 Å². The summed E-state index contributed by atoms with van der Waals surface area (Å²) in [5.74, 6) is 0. The number of benzene rings is 2. The van der Waals surface area contributed by atoms with Gasteiger partial charge in [0.25, 0.3) is 0 Å². The average Bonchev–Trinajstić information content (AvgIpc) is 2.41. The van der Waals surface area contributed by atoms with Gasteiger partial charge >= 0.3 is 0 Å². The van der Waals surface area contributed by atoms with E-state index in [1.165, 1.54) is 22.3 Å². The summed E-state index contributed by atoms with van der Waals surface area (Å²) in [5.41, 5.74) is 6.35. The van der Waals surface area contributed by atoms with Crippen LogP contribution in [0.15, 0.2) is 34.8 Å². The van der Waals surface area contributed by atoms with Crippen molar-refractivity contribution in [1.82, 2.24) is 5.32 Å². The standard InChI is InChI=1S/C18H21BrClN/c1-5-21-18(15-7-6-14(19)10-17(15)20)16-9-12(3)11(2)8-13(16)4/h6-10,18,21H,5H2,1-4H3. The first-order valence-corrected chi connectivity index (χ1v) is 8.37. The average molecular weight is 367 g/mol. The van der Waals surface area contributed by atoms with E-state index in [4.69, 9.17) is 11.6 Å². The van der Waals surface area contributed by atoms with Gasteiger partial charge < -0.3 is 5.32 Å². The van der Waals surface area contributed by atoms with Crippen LogP contribution in [0.25, 0.3) is 0 Å². The van der Waals surface area contributed by atoms with Gasteiger partial charge in [0.15, 0.2) is 0 Å². The highest BCUT2D eigenvalue weighted by atomic mass is 79.9. The quantitative estimate of drug-likeness (QED) is 0.729. The second-order valence-corrected chi connectivity index (χ2v) is 6.77. The van der Waals surface area contributed by atoms with Crippen molar-refractivity contribution in [3.8, 4) is 0 Å². The maximum atomic E-state index is 6.46. The molecule has 2 rings (SSSR count). The monoisotopic (exact) mass is 365 g/mol. The molecule has 1 N–H and O–H groups in total. The zero-order valence-electron chi connectivity index (χ0n) is 12.9. The van der Waals surface area contributed by atoms with Crippen LogP contribution in [0.5, 0.6) is 0 Å². The molecule has 1 atom stereocenters. The van der Waals surface area contributed by atoms with E-state index in [1.54, 1.807) is 0 Å². The fourth-order valence-corrected chi connectivity index (χ4v) is 3.40. The molecule has 0 radical (unpaired) electrons. The Kier molecular flexibility index (Phi) is 5.48. The largest absolute Gasteiger partial charge is 0.306 e. The lowest BCUT2D eigenvalue weighted by Gasteiger charge is -2.23. The molecule has 0 amide bonds. The molecule has 21 heavy (non-hydrogen) atoms. The summed E-state index contributed by atoms with van der Waals surface area (Å²) in [6, 6.07) is 10.7. The van der Waals surface area contributed by atoms with E-state index in [2.05, 4.69) is 67.1 Å². The maximum absolute atomic E-state index is 6.46. The van der Waals surface area contributed by atoms with Gasteiger partial charge in [-0.05, 0) is 67.3 Å². The molecule has 0 heterocycles. The highest BCUT2D eigenvalue weighted by Crippen LogP contribution is 2.33. The summed E-state index contributed by atoms with van der Waals surface area (Å²) in [6.07, 6.45) is 0. The lowest BCUT2D eigenvalue weighted by atomic mass is 9.91. The number of hydrogen-bond acceptors (Lipinski definition) is 1. The van der Waals surface area contributed by atoms with Crippen molar-refractivity contribution in [2.45, 2.75) is 33.7 Å². The minimum Gasteiger partial charge on any atom is -0.306 e. The third-order valence-electron chi connectivity index (χ3n) is 3.88. The fraction of sp³-hybridized carbons (Fsp3) is 0.333. The van der Waals surface area contributed by atoms with E-state index in [1.807, 2.05) is 12.1 Å². The number of rotatable bonds is 4. The van der Waals surface area contributed by atoms with Crippen LogP contribution in [-0.2, 0) is 0 Å². The molecule has 0 aliphatic carbocycles. The second-order valence-electron chi connectivity index (χ2n) is 5.45. The summed E-state index contributed by atoms with van der Waals surface area (Å²) < 4.78 is 1.00. The first-order chi connectivity index (χ1) is 9.93. The molecule has 2 aromatic rings. The molecule has 1 nitrogen and oxygen atoms in total.